The van der Waals surface area contributed by atoms with Crippen molar-refractivity contribution in [2.24, 2.45) is 0 Å². The zero-order valence-corrected chi connectivity index (χ0v) is 20.1. The average molecular weight is 483 g/mol. The molecule has 3 aromatic carbocycles. The van der Waals surface area contributed by atoms with Crippen LogP contribution < -0.4 is 24.8 Å². The molecule has 0 atom stereocenters. The monoisotopic (exact) mass is 482 g/mol. The molecule has 0 aromatic heterocycles. The Labute approximate surface area is 204 Å². The molecule has 2 amide bonds. The molecule has 2 N–H and O–H groups in total. The van der Waals surface area contributed by atoms with Crippen LogP contribution in [0.4, 0.5) is 11.4 Å². The number of carbonyl (C=O) groups excluding carboxylic acids is 2. The summed E-state index contributed by atoms with van der Waals surface area (Å²) >= 11 is 5.65. The maximum Gasteiger partial charge on any atom is 0.255 e. The highest BCUT2D eigenvalue weighted by molar-refractivity contribution is 6.17. The number of hydrogen-bond donors (Lipinski definition) is 2. The summed E-state index contributed by atoms with van der Waals surface area (Å²) in [6.07, 6.45) is 0.752. The van der Waals surface area contributed by atoms with Crippen molar-refractivity contribution >= 4 is 34.8 Å². The number of amides is 2. The Balaban J connectivity index is 1.69. The molecule has 0 saturated carbocycles. The Bertz CT molecular complexity index is 1150. The first-order valence-corrected chi connectivity index (χ1v) is 11.2. The van der Waals surface area contributed by atoms with E-state index in [0.29, 0.717) is 52.2 Å². The van der Waals surface area contributed by atoms with Gasteiger partial charge in [0.2, 0.25) is 0 Å². The maximum atomic E-state index is 12.8. The topological polar surface area (TPSA) is 85.9 Å². The van der Waals surface area contributed by atoms with Crippen LogP contribution in [0.5, 0.6) is 17.2 Å². The molecule has 0 unspecified atom stereocenters. The molecule has 0 aliphatic rings. The van der Waals surface area contributed by atoms with Crippen LogP contribution in [0.1, 0.15) is 32.7 Å². The van der Waals surface area contributed by atoms with E-state index in [4.69, 9.17) is 25.8 Å². The Kier molecular flexibility index (Phi) is 8.76. The third-order valence-electron chi connectivity index (χ3n) is 5.05. The maximum absolute atomic E-state index is 12.8. The van der Waals surface area contributed by atoms with Gasteiger partial charge in [-0.15, -0.1) is 11.6 Å². The van der Waals surface area contributed by atoms with E-state index in [1.165, 1.54) is 14.2 Å². The smallest absolute Gasteiger partial charge is 0.255 e. The molecule has 3 aromatic rings. The number of halogens is 1. The van der Waals surface area contributed by atoms with Crippen molar-refractivity contribution in [2.75, 3.05) is 37.3 Å². The molecule has 178 valence electrons. The fourth-order valence-corrected chi connectivity index (χ4v) is 3.27. The van der Waals surface area contributed by atoms with Crippen LogP contribution in [0.2, 0.25) is 0 Å². The van der Waals surface area contributed by atoms with Crippen LogP contribution in [0.3, 0.4) is 0 Å². The first-order valence-electron chi connectivity index (χ1n) is 10.7. The summed E-state index contributed by atoms with van der Waals surface area (Å²) in [5, 5.41) is 5.75. The summed E-state index contributed by atoms with van der Waals surface area (Å²) in [7, 11) is 3.05. The Morgan fingerprint density at radius 1 is 0.824 bits per heavy atom. The van der Waals surface area contributed by atoms with Gasteiger partial charge in [-0.05, 0) is 73.5 Å². The van der Waals surface area contributed by atoms with Crippen molar-refractivity contribution in [1.29, 1.82) is 0 Å². The molecule has 0 aliphatic heterocycles. The van der Waals surface area contributed by atoms with Gasteiger partial charge in [-0.3, -0.25) is 9.59 Å². The molecule has 0 heterocycles. The summed E-state index contributed by atoms with van der Waals surface area (Å²) in [4.78, 5) is 25.5. The number of anilines is 2. The van der Waals surface area contributed by atoms with E-state index < -0.39 is 0 Å². The van der Waals surface area contributed by atoms with Gasteiger partial charge in [0.15, 0.2) is 11.5 Å². The van der Waals surface area contributed by atoms with E-state index in [0.717, 1.165) is 12.0 Å². The van der Waals surface area contributed by atoms with Crippen molar-refractivity contribution in [3.05, 3.63) is 77.4 Å². The van der Waals surface area contributed by atoms with Crippen LogP contribution >= 0.6 is 11.6 Å². The van der Waals surface area contributed by atoms with Crippen molar-refractivity contribution in [3.8, 4) is 17.2 Å². The van der Waals surface area contributed by atoms with E-state index in [2.05, 4.69) is 10.6 Å². The van der Waals surface area contributed by atoms with Gasteiger partial charge >= 0.3 is 0 Å². The molecule has 0 aliphatic carbocycles. The summed E-state index contributed by atoms with van der Waals surface area (Å²) < 4.78 is 16.0. The fourth-order valence-electron chi connectivity index (χ4n) is 3.16. The molecule has 7 nitrogen and oxygen atoms in total. The summed E-state index contributed by atoms with van der Waals surface area (Å²) in [5.41, 5.74) is 2.90. The third kappa shape index (κ3) is 6.42. The quantitative estimate of drug-likeness (QED) is 0.293. The van der Waals surface area contributed by atoms with Gasteiger partial charge in [-0.25, -0.2) is 0 Å². The minimum atomic E-state index is -0.308. The Hall–Kier alpha value is -3.71. The van der Waals surface area contributed by atoms with Crippen molar-refractivity contribution < 1.29 is 23.8 Å². The zero-order chi connectivity index (χ0) is 24.5. The zero-order valence-electron chi connectivity index (χ0n) is 19.3. The standard InChI is InChI=1S/C26H27ClN2O5/c1-17-5-9-20(28-25(30)18-6-10-21(11-7-18)34-14-4-13-27)16-22(17)29-26(31)19-8-12-23(32-2)24(15-19)33-3/h5-12,15-16H,4,13-14H2,1-3H3,(H,28,30)(H,29,31). The number of rotatable bonds is 10. The predicted molar refractivity (Wildman–Crippen MR) is 134 cm³/mol. The second kappa shape index (κ2) is 12.0. The van der Waals surface area contributed by atoms with E-state index in [-0.39, 0.29) is 11.8 Å². The molecule has 8 heteroatoms. The van der Waals surface area contributed by atoms with E-state index >= 15 is 0 Å². The molecular formula is C26H27ClN2O5. The minimum absolute atomic E-state index is 0.270. The molecule has 0 radical (unpaired) electrons. The number of alkyl halides is 1. The van der Waals surface area contributed by atoms with Gasteiger partial charge in [0, 0.05) is 28.4 Å². The van der Waals surface area contributed by atoms with Crippen LogP contribution in [-0.2, 0) is 0 Å². The number of methoxy groups -OCH3 is 2. The van der Waals surface area contributed by atoms with Gasteiger partial charge in [0.25, 0.3) is 11.8 Å². The van der Waals surface area contributed by atoms with Gasteiger partial charge in [-0.2, -0.15) is 0 Å². The van der Waals surface area contributed by atoms with Crippen molar-refractivity contribution in [2.45, 2.75) is 13.3 Å². The Morgan fingerprint density at radius 2 is 1.50 bits per heavy atom. The molecule has 0 fully saturated rings. The lowest BCUT2D eigenvalue weighted by Crippen LogP contribution is -2.15. The average Bonchev–Trinajstić information content (AvgIpc) is 2.86. The first kappa shape index (κ1) is 24.9. The highest BCUT2D eigenvalue weighted by Gasteiger charge is 2.13. The van der Waals surface area contributed by atoms with E-state index in [1.54, 1.807) is 54.6 Å². The normalized spacial score (nSPS) is 10.4. The van der Waals surface area contributed by atoms with Gasteiger partial charge in [0.05, 0.1) is 20.8 Å². The van der Waals surface area contributed by atoms with E-state index in [1.807, 2.05) is 13.0 Å². The Morgan fingerprint density at radius 3 is 2.18 bits per heavy atom. The SMILES string of the molecule is COc1ccc(C(=O)Nc2cc(NC(=O)c3ccc(OCCCCl)cc3)ccc2C)cc1OC. The summed E-state index contributed by atoms with van der Waals surface area (Å²) in [5.74, 6) is 1.63. The third-order valence-corrected chi connectivity index (χ3v) is 5.32. The molecule has 0 saturated heterocycles. The predicted octanol–water partition coefficient (Wildman–Crippen LogP) is 5.52. The van der Waals surface area contributed by atoms with Crippen molar-refractivity contribution in [3.63, 3.8) is 0 Å². The number of hydrogen-bond acceptors (Lipinski definition) is 5. The van der Waals surface area contributed by atoms with Crippen LogP contribution in [0.15, 0.2) is 60.7 Å². The van der Waals surface area contributed by atoms with Crippen LogP contribution in [0, 0.1) is 6.92 Å². The van der Waals surface area contributed by atoms with Crippen LogP contribution in [0.25, 0.3) is 0 Å². The van der Waals surface area contributed by atoms with Crippen molar-refractivity contribution in [1.82, 2.24) is 0 Å². The second-order valence-corrected chi connectivity index (χ2v) is 7.80. The highest BCUT2D eigenvalue weighted by atomic mass is 35.5. The second-order valence-electron chi connectivity index (χ2n) is 7.42. The number of aryl methyl sites for hydroxylation is 1. The lowest BCUT2D eigenvalue weighted by Gasteiger charge is -2.13. The fraction of sp³-hybridized carbons (Fsp3) is 0.231. The highest BCUT2D eigenvalue weighted by Crippen LogP contribution is 2.28. The molecule has 3 rings (SSSR count). The summed E-state index contributed by atoms with van der Waals surface area (Å²) in [6, 6.07) is 17.1. The molecule has 0 bridgehead atoms. The first-order chi connectivity index (χ1) is 16.4. The molecule has 0 spiro atoms. The lowest BCUT2D eigenvalue weighted by atomic mass is 10.1. The minimum Gasteiger partial charge on any atom is -0.494 e. The molecular weight excluding hydrogens is 456 g/mol. The van der Waals surface area contributed by atoms with Crippen LogP contribution in [-0.4, -0.2) is 38.5 Å². The number of nitrogens with one attached hydrogen (secondary N) is 2. The van der Waals surface area contributed by atoms with Gasteiger partial charge in [0.1, 0.15) is 5.75 Å². The molecule has 34 heavy (non-hydrogen) atoms. The van der Waals surface area contributed by atoms with Gasteiger partial charge in [-0.1, -0.05) is 6.07 Å². The summed E-state index contributed by atoms with van der Waals surface area (Å²) in [6.45, 7) is 2.40. The number of ether oxygens (including phenoxy) is 3. The largest absolute Gasteiger partial charge is 0.494 e. The van der Waals surface area contributed by atoms with E-state index in [9.17, 15) is 9.59 Å². The lowest BCUT2D eigenvalue weighted by molar-refractivity contribution is 0.101. The number of carbonyl (C=O) groups is 2. The number of benzene rings is 3. The van der Waals surface area contributed by atoms with Gasteiger partial charge < -0.3 is 24.8 Å².